The van der Waals surface area contributed by atoms with Gasteiger partial charge in [-0.25, -0.2) is 5.01 Å². The van der Waals surface area contributed by atoms with Crippen LogP contribution in [0.5, 0.6) is 0 Å². The molecule has 0 aliphatic carbocycles. The molecule has 88 valence electrons. The van der Waals surface area contributed by atoms with Gasteiger partial charge >= 0.3 is 0 Å². The fraction of sp³-hybridized carbons (Fsp3) is 0.909. The molecule has 4 heteroatoms. The number of ketones is 1. The van der Waals surface area contributed by atoms with Gasteiger partial charge in [0.15, 0.2) is 0 Å². The first-order chi connectivity index (χ1) is 7.17. The van der Waals surface area contributed by atoms with Gasteiger partial charge in [0.25, 0.3) is 0 Å². The number of hydrogen-bond acceptors (Lipinski definition) is 4. The van der Waals surface area contributed by atoms with Crippen molar-refractivity contribution in [2.24, 2.45) is 11.8 Å². The number of carbonyl (C=O) groups is 1. The Balaban J connectivity index is 2.33. The first-order valence-corrected chi connectivity index (χ1v) is 5.92. The maximum absolute atomic E-state index is 11.9. The van der Waals surface area contributed by atoms with Crippen LogP contribution in [0.15, 0.2) is 0 Å². The third-order valence-electron chi connectivity index (χ3n) is 3.26. The van der Waals surface area contributed by atoms with Crippen molar-refractivity contribution in [2.45, 2.75) is 26.7 Å². The standard InChI is InChI=1S/C11H23N3O/c1-3-13(4-2)9-11(15)10-5-7-14(12)8-6-10/h10H,3-9,12H2,1-2H3. The van der Waals surface area contributed by atoms with Crippen molar-refractivity contribution < 1.29 is 4.79 Å². The van der Waals surface area contributed by atoms with Crippen molar-refractivity contribution in [3.8, 4) is 0 Å². The summed E-state index contributed by atoms with van der Waals surface area (Å²) >= 11 is 0. The molecular weight excluding hydrogens is 190 g/mol. The molecule has 1 rings (SSSR count). The predicted molar refractivity (Wildman–Crippen MR) is 61.3 cm³/mol. The van der Waals surface area contributed by atoms with Crippen LogP contribution in [0.1, 0.15) is 26.7 Å². The lowest BCUT2D eigenvalue weighted by atomic mass is 9.93. The maximum atomic E-state index is 11.9. The summed E-state index contributed by atoms with van der Waals surface area (Å²) in [6.45, 7) is 8.43. The zero-order chi connectivity index (χ0) is 11.3. The molecule has 0 aromatic carbocycles. The third kappa shape index (κ3) is 3.89. The minimum atomic E-state index is 0.241. The number of rotatable bonds is 5. The highest BCUT2D eigenvalue weighted by Gasteiger charge is 2.24. The van der Waals surface area contributed by atoms with Gasteiger partial charge in [-0.15, -0.1) is 0 Å². The molecule has 0 atom stereocenters. The highest BCUT2D eigenvalue weighted by atomic mass is 16.1. The van der Waals surface area contributed by atoms with Crippen LogP contribution in [0.2, 0.25) is 0 Å². The summed E-state index contributed by atoms with van der Waals surface area (Å²) in [5.41, 5.74) is 0. The average molecular weight is 213 g/mol. The van der Waals surface area contributed by atoms with E-state index < -0.39 is 0 Å². The Labute approximate surface area is 92.4 Å². The van der Waals surface area contributed by atoms with Crippen molar-refractivity contribution in [1.29, 1.82) is 0 Å². The van der Waals surface area contributed by atoms with Gasteiger partial charge in [0.1, 0.15) is 5.78 Å². The average Bonchev–Trinajstić information content (AvgIpc) is 2.26. The number of nitrogens with zero attached hydrogens (tertiary/aromatic N) is 2. The Bertz CT molecular complexity index is 196. The number of Topliss-reactive ketones (excluding diaryl/α,β-unsaturated/α-hetero) is 1. The molecule has 0 bridgehead atoms. The molecule has 1 heterocycles. The lowest BCUT2D eigenvalue weighted by molar-refractivity contribution is -0.125. The SMILES string of the molecule is CCN(CC)CC(=O)C1CCN(N)CC1. The number of likely N-dealkylation sites (N-methyl/N-ethyl adjacent to an activating group) is 1. The molecule has 1 aliphatic rings. The van der Waals surface area contributed by atoms with E-state index in [4.69, 9.17) is 5.84 Å². The molecular formula is C11H23N3O. The molecule has 0 unspecified atom stereocenters. The van der Waals surface area contributed by atoms with Crippen LogP contribution in [0.4, 0.5) is 0 Å². The van der Waals surface area contributed by atoms with Gasteiger partial charge in [0.2, 0.25) is 0 Å². The lowest BCUT2D eigenvalue weighted by Gasteiger charge is -2.29. The lowest BCUT2D eigenvalue weighted by Crippen LogP contribution is -2.42. The highest BCUT2D eigenvalue weighted by Crippen LogP contribution is 2.16. The predicted octanol–water partition coefficient (Wildman–Crippen LogP) is 0.483. The largest absolute Gasteiger partial charge is 0.298 e. The van der Waals surface area contributed by atoms with E-state index in [1.165, 1.54) is 0 Å². The molecule has 0 aromatic heterocycles. The topological polar surface area (TPSA) is 49.6 Å². The summed E-state index contributed by atoms with van der Waals surface area (Å²) in [4.78, 5) is 14.1. The van der Waals surface area contributed by atoms with E-state index in [0.717, 1.165) is 39.0 Å². The van der Waals surface area contributed by atoms with Gasteiger partial charge in [-0.2, -0.15) is 0 Å². The fourth-order valence-corrected chi connectivity index (χ4v) is 2.02. The summed E-state index contributed by atoms with van der Waals surface area (Å²) in [6, 6.07) is 0. The zero-order valence-electron chi connectivity index (χ0n) is 9.91. The van der Waals surface area contributed by atoms with Crippen molar-refractivity contribution in [3.05, 3.63) is 0 Å². The third-order valence-corrected chi connectivity index (χ3v) is 3.26. The van der Waals surface area contributed by atoms with Gasteiger partial charge < -0.3 is 0 Å². The van der Waals surface area contributed by atoms with Crippen LogP contribution in [0.25, 0.3) is 0 Å². The second-order valence-electron chi connectivity index (χ2n) is 4.24. The second kappa shape index (κ2) is 6.20. The van der Waals surface area contributed by atoms with Crippen molar-refractivity contribution in [2.75, 3.05) is 32.7 Å². The smallest absolute Gasteiger partial charge is 0.149 e. The van der Waals surface area contributed by atoms with E-state index in [9.17, 15) is 4.79 Å². The van der Waals surface area contributed by atoms with Gasteiger partial charge in [0.05, 0.1) is 6.54 Å². The van der Waals surface area contributed by atoms with E-state index in [-0.39, 0.29) is 5.92 Å². The van der Waals surface area contributed by atoms with Gasteiger partial charge in [-0.3, -0.25) is 15.5 Å². The zero-order valence-corrected chi connectivity index (χ0v) is 9.91. The van der Waals surface area contributed by atoms with Crippen molar-refractivity contribution in [3.63, 3.8) is 0 Å². The highest BCUT2D eigenvalue weighted by molar-refractivity contribution is 5.83. The maximum Gasteiger partial charge on any atom is 0.149 e. The summed E-state index contributed by atoms with van der Waals surface area (Å²) in [7, 11) is 0. The van der Waals surface area contributed by atoms with Crippen LogP contribution < -0.4 is 5.84 Å². The van der Waals surface area contributed by atoms with E-state index in [1.54, 1.807) is 5.01 Å². The number of nitrogens with two attached hydrogens (primary N) is 1. The fourth-order valence-electron chi connectivity index (χ4n) is 2.02. The first kappa shape index (κ1) is 12.6. The van der Waals surface area contributed by atoms with Crippen LogP contribution in [0, 0.1) is 5.92 Å². The first-order valence-electron chi connectivity index (χ1n) is 5.92. The molecule has 0 radical (unpaired) electrons. The Morgan fingerprint density at radius 2 is 1.87 bits per heavy atom. The van der Waals surface area contributed by atoms with E-state index >= 15 is 0 Å². The summed E-state index contributed by atoms with van der Waals surface area (Å²) < 4.78 is 0. The van der Waals surface area contributed by atoms with Gasteiger partial charge in [-0.05, 0) is 25.9 Å². The Morgan fingerprint density at radius 1 is 1.33 bits per heavy atom. The molecule has 0 saturated carbocycles. The van der Waals surface area contributed by atoms with Crippen molar-refractivity contribution in [1.82, 2.24) is 9.91 Å². The second-order valence-corrected chi connectivity index (χ2v) is 4.24. The molecule has 0 spiro atoms. The van der Waals surface area contributed by atoms with Crippen molar-refractivity contribution >= 4 is 5.78 Å². The summed E-state index contributed by atoms with van der Waals surface area (Å²) in [5.74, 6) is 6.30. The van der Waals surface area contributed by atoms with Gasteiger partial charge in [-0.1, -0.05) is 13.8 Å². The van der Waals surface area contributed by atoms with Crippen LogP contribution in [-0.4, -0.2) is 48.4 Å². The monoisotopic (exact) mass is 213 g/mol. The number of piperidine rings is 1. The minimum absolute atomic E-state index is 0.241. The van der Waals surface area contributed by atoms with E-state index in [0.29, 0.717) is 12.3 Å². The molecule has 2 N–H and O–H groups in total. The normalized spacial score (nSPS) is 19.7. The molecule has 0 aromatic rings. The number of carbonyl (C=O) groups excluding carboxylic acids is 1. The summed E-state index contributed by atoms with van der Waals surface area (Å²) in [5, 5.41) is 1.81. The number of hydrogen-bond donors (Lipinski definition) is 1. The molecule has 1 saturated heterocycles. The Kier molecular flexibility index (Phi) is 5.22. The van der Waals surface area contributed by atoms with Crippen LogP contribution in [-0.2, 0) is 4.79 Å². The Hall–Kier alpha value is -0.450. The molecule has 1 aliphatic heterocycles. The van der Waals surface area contributed by atoms with Crippen LogP contribution in [0.3, 0.4) is 0 Å². The number of hydrazine groups is 1. The quantitative estimate of drug-likeness (QED) is 0.675. The Morgan fingerprint density at radius 3 is 2.33 bits per heavy atom. The van der Waals surface area contributed by atoms with E-state index in [2.05, 4.69) is 18.7 Å². The molecule has 15 heavy (non-hydrogen) atoms. The van der Waals surface area contributed by atoms with Crippen LogP contribution >= 0.6 is 0 Å². The van der Waals surface area contributed by atoms with E-state index in [1.807, 2.05) is 0 Å². The molecule has 4 nitrogen and oxygen atoms in total. The van der Waals surface area contributed by atoms with Gasteiger partial charge in [0, 0.05) is 19.0 Å². The molecule has 1 fully saturated rings. The summed E-state index contributed by atoms with van der Waals surface area (Å²) in [6.07, 6.45) is 1.85. The minimum Gasteiger partial charge on any atom is -0.298 e. The molecule has 0 amide bonds.